The van der Waals surface area contributed by atoms with E-state index in [0.29, 0.717) is 43.2 Å². The summed E-state index contributed by atoms with van der Waals surface area (Å²) in [7, 11) is 3.21. The van der Waals surface area contributed by atoms with Crippen molar-refractivity contribution in [1.82, 2.24) is 9.80 Å². The van der Waals surface area contributed by atoms with Crippen LogP contribution >= 0.6 is 0 Å². The Morgan fingerprint density at radius 3 is 2.42 bits per heavy atom. The highest BCUT2D eigenvalue weighted by Crippen LogP contribution is 2.27. The number of furan rings is 1. The predicted octanol–water partition coefficient (Wildman–Crippen LogP) is 4.69. The number of unbranched alkanes of at least 4 members (excludes halogenated alkanes) is 1. The average Bonchev–Trinajstić information content (AvgIpc) is 3.35. The molecule has 2 rings (SSSR count). The Kier molecular flexibility index (Phi) is 10.8. The van der Waals surface area contributed by atoms with Crippen molar-refractivity contribution >= 4 is 11.8 Å². The molecule has 0 saturated heterocycles. The monoisotopic (exact) mass is 458 g/mol. The molecule has 0 aliphatic heterocycles. The van der Waals surface area contributed by atoms with Gasteiger partial charge in [0.2, 0.25) is 11.8 Å². The van der Waals surface area contributed by atoms with Gasteiger partial charge in [0.1, 0.15) is 12.3 Å². The molecule has 2 amide bonds. The molecule has 33 heavy (non-hydrogen) atoms. The van der Waals surface area contributed by atoms with Crippen LogP contribution in [-0.4, -0.2) is 55.0 Å². The van der Waals surface area contributed by atoms with Gasteiger partial charge in [0.05, 0.1) is 27.0 Å². The van der Waals surface area contributed by atoms with E-state index in [1.54, 1.807) is 30.3 Å². The molecular formula is C26H38N2O5. The van der Waals surface area contributed by atoms with Gasteiger partial charge < -0.3 is 23.7 Å². The zero-order valence-corrected chi connectivity index (χ0v) is 20.6. The van der Waals surface area contributed by atoms with E-state index >= 15 is 0 Å². The van der Waals surface area contributed by atoms with Crippen LogP contribution in [0.5, 0.6) is 11.5 Å². The molecule has 0 radical (unpaired) electrons. The Morgan fingerprint density at radius 1 is 1.06 bits per heavy atom. The van der Waals surface area contributed by atoms with E-state index in [4.69, 9.17) is 13.9 Å². The third-order valence-electron chi connectivity index (χ3n) is 5.89. The Labute approximate surface area is 197 Å². The Morgan fingerprint density at radius 2 is 1.82 bits per heavy atom. The number of amides is 2. The van der Waals surface area contributed by atoms with Gasteiger partial charge in [-0.05, 0) is 56.0 Å². The standard InChI is InChI=1S/C26H38N2O5/c1-6-8-11-25(29)28(20(3)7-2)19-26(30)27(18-22-10-9-16-33-22)15-14-21-12-13-23(31-4)24(17-21)32-5/h9-10,12-13,16-17,20H,6-8,11,14-15,18-19H2,1-5H3. The van der Waals surface area contributed by atoms with Gasteiger partial charge in [-0.15, -0.1) is 0 Å². The fourth-order valence-electron chi connectivity index (χ4n) is 3.61. The minimum atomic E-state index is -0.0861. The Bertz CT molecular complexity index is 866. The van der Waals surface area contributed by atoms with Crippen molar-refractivity contribution in [2.24, 2.45) is 0 Å². The molecule has 1 aromatic carbocycles. The summed E-state index contributed by atoms with van der Waals surface area (Å²) in [5.74, 6) is 1.99. The van der Waals surface area contributed by atoms with Crippen LogP contribution in [0.1, 0.15) is 57.8 Å². The third kappa shape index (κ3) is 7.84. The van der Waals surface area contributed by atoms with Gasteiger partial charge in [0.25, 0.3) is 0 Å². The highest BCUT2D eigenvalue weighted by atomic mass is 16.5. The Hall–Kier alpha value is -2.96. The van der Waals surface area contributed by atoms with Crippen molar-refractivity contribution in [3.05, 3.63) is 47.9 Å². The molecule has 0 bridgehead atoms. The minimum absolute atomic E-state index is 0.00891. The molecule has 2 aromatic rings. The van der Waals surface area contributed by atoms with Crippen molar-refractivity contribution < 1.29 is 23.5 Å². The van der Waals surface area contributed by atoms with Crippen LogP contribution in [0, 0.1) is 0 Å². The van der Waals surface area contributed by atoms with E-state index in [1.165, 1.54) is 0 Å². The molecule has 7 nitrogen and oxygen atoms in total. The second-order valence-corrected chi connectivity index (χ2v) is 8.22. The number of nitrogens with zero attached hydrogens (tertiary/aromatic N) is 2. The zero-order chi connectivity index (χ0) is 24.2. The molecule has 1 atom stereocenters. The van der Waals surface area contributed by atoms with Gasteiger partial charge in [-0.25, -0.2) is 0 Å². The van der Waals surface area contributed by atoms with Crippen LogP contribution in [0.25, 0.3) is 0 Å². The average molecular weight is 459 g/mol. The molecule has 0 aliphatic rings. The lowest BCUT2D eigenvalue weighted by Gasteiger charge is -2.31. The maximum atomic E-state index is 13.4. The van der Waals surface area contributed by atoms with E-state index < -0.39 is 0 Å². The molecule has 1 aromatic heterocycles. The summed E-state index contributed by atoms with van der Waals surface area (Å²) >= 11 is 0. The fourth-order valence-corrected chi connectivity index (χ4v) is 3.61. The summed E-state index contributed by atoms with van der Waals surface area (Å²) in [4.78, 5) is 29.7. The smallest absolute Gasteiger partial charge is 0.242 e. The number of rotatable bonds is 14. The number of ether oxygens (including phenoxy) is 2. The lowest BCUT2D eigenvalue weighted by atomic mass is 10.1. The summed E-state index contributed by atoms with van der Waals surface area (Å²) in [6, 6.07) is 9.44. The van der Waals surface area contributed by atoms with Gasteiger partial charge in [-0.2, -0.15) is 0 Å². The first-order chi connectivity index (χ1) is 15.9. The summed E-state index contributed by atoms with van der Waals surface area (Å²) in [6.07, 6.45) is 5.29. The van der Waals surface area contributed by atoms with Crippen molar-refractivity contribution in [3.8, 4) is 11.5 Å². The number of hydrogen-bond acceptors (Lipinski definition) is 5. The molecule has 1 unspecified atom stereocenters. The molecule has 7 heteroatoms. The molecule has 0 N–H and O–H groups in total. The summed E-state index contributed by atoms with van der Waals surface area (Å²) in [5, 5.41) is 0. The van der Waals surface area contributed by atoms with Gasteiger partial charge in [0.15, 0.2) is 11.5 Å². The van der Waals surface area contributed by atoms with Gasteiger partial charge in [-0.3, -0.25) is 9.59 Å². The van der Waals surface area contributed by atoms with E-state index in [9.17, 15) is 9.59 Å². The van der Waals surface area contributed by atoms with Crippen molar-refractivity contribution in [1.29, 1.82) is 0 Å². The van der Waals surface area contributed by atoms with Crippen molar-refractivity contribution in [2.75, 3.05) is 27.3 Å². The lowest BCUT2D eigenvalue weighted by Crippen LogP contribution is -2.46. The first-order valence-electron chi connectivity index (χ1n) is 11.7. The van der Waals surface area contributed by atoms with Crippen LogP contribution in [0.4, 0.5) is 0 Å². The highest BCUT2D eigenvalue weighted by molar-refractivity contribution is 5.85. The predicted molar refractivity (Wildman–Crippen MR) is 128 cm³/mol. The molecule has 1 heterocycles. The quantitative estimate of drug-likeness (QED) is 0.411. The molecule has 0 saturated carbocycles. The first kappa shape index (κ1) is 26.3. The minimum Gasteiger partial charge on any atom is -0.493 e. The van der Waals surface area contributed by atoms with Crippen LogP contribution in [0.2, 0.25) is 0 Å². The molecule has 0 aliphatic carbocycles. The maximum absolute atomic E-state index is 13.4. The lowest BCUT2D eigenvalue weighted by molar-refractivity contribution is -0.142. The van der Waals surface area contributed by atoms with Crippen molar-refractivity contribution in [2.45, 2.75) is 65.5 Å². The number of methoxy groups -OCH3 is 2. The number of benzene rings is 1. The van der Waals surface area contributed by atoms with Gasteiger partial charge in [-0.1, -0.05) is 26.3 Å². The Balaban J connectivity index is 2.16. The fraction of sp³-hybridized carbons (Fsp3) is 0.538. The first-order valence-corrected chi connectivity index (χ1v) is 11.7. The van der Waals surface area contributed by atoms with Crippen LogP contribution in [0.15, 0.2) is 41.0 Å². The number of hydrogen-bond donors (Lipinski definition) is 0. The molecule has 0 spiro atoms. The maximum Gasteiger partial charge on any atom is 0.242 e. The number of carbonyl (C=O) groups is 2. The number of carbonyl (C=O) groups excluding carboxylic acids is 2. The summed E-state index contributed by atoms with van der Waals surface area (Å²) < 4.78 is 16.2. The van der Waals surface area contributed by atoms with Gasteiger partial charge in [0, 0.05) is 19.0 Å². The zero-order valence-electron chi connectivity index (χ0n) is 20.6. The second kappa shape index (κ2) is 13.6. The van der Waals surface area contributed by atoms with Crippen LogP contribution < -0.4 is 9.47 Å². The second-order valence-electron chi connectivity index (χ2n) is 8.22. The molecular weight excluding hydrogens is 420 g/mol. The van der Waals surface area contributed by atoms with Crippen LogP contribution in [0.3, 0.4) is 0 Å². The van der Waals surface area contributed by atoms with Gasteiger partial charge >= 0.3 is 0 Å². The summed E-state index contributed by atoms with van der Waals surface area (Å²) in [5.41, 5.74) is 1.03. The van der Waals surface area contributed by atoms with E-state index in [-0.39, 0.29) is 24.4 Å². The van der Waals surface area contributed by atoms with Crippen LogP contribution in [-0.2, 0) is 22.6 Å². The van der Waals surface area contributed by atoms with Crippen molar-refractivity contribution in [3.63, 3.8) is 0 Å². The highest BCUT2D eigenvalue weighted by Gasteiger charge is 2.25. The largest absolute Gasteiger partial charge is 0.493 e. The summed E-state index contributed by atoms with van der Waals surface area (Å²) in [6.45, 7) is 7.02. The topological polar surface area (TPSA) is 72.2 Å². The van der Waals surface area contributed by atoms with E-state index in [0.717, 1.165) is 24.8 Å². The normalized spacial score (nSPS) is 11.7. The molecule has 0 fully saturated rings. The SMILES string of the molecule is CCCCC(=O)N(CC(=O)N(CCc1ccc(OC)c(OC)c1)Cc1ccco1)C(C)CC. The van der Waals surface area contributed by atoms with E-state index in [2.05, 4.69) is 6.92 Å². The molecule has 182 valence electrons. The van der Waals surface area contributed by atoms with E-state index in [1.807, 2.05) is 44.2 Å². The third-order valence-corrected chi connectivity index (χ3v) is 5.89.